The summed E-state index contributed by atoms with van der Waals surface area (Å²) in [5.74, 6) is 1.51. The van der Waals surface area contributed by atoms with Crippen LogP contribution in [0.1, 0.15) is 0 Å². The zero-order valence-corrected chi connectivity index (χ0v) is 13.9. The minimum absolute atomic E-state index is 0.272. The van der Waals surface area contributed by atoms with Gasteiger partial charge in [0.15, 0.2) is 21.8 Å². The molecule has 0 amide bonds. The van der Waals surface area contributed by atoms with Gasteiger partial charge in [0.1, 0.15) is 0 Å². The highest BCUT2D eigenvalue weighted by Gasteiger charge is 2.17. The number of benzene rings is 1. The molecule has 0 bridgehead atoms. The Labute approximate surface area is 144 Å². The second-order valence-electron chi connectivity index (χ2n) is 5.10. The Morgan fingerprint density at radius 1 is 1.08 bits per heavy atom. The number of aromatic nitrogens is 3. The molecule has 6 nitrogen and oxygen atoms in total. The van der Waals surface area contributed by atoms with Crippen molar-refractivity contribution in [1.82, 2.24) is 15.0 Å². The minimum Gasteiger partial charge on any atom is -0.454 e. The molecule has 1 aliphatic rings. The first-order valence-corrected chi connectivity index (χ1v) is 8.88. The third kappa shape index (κ3) is 2.36. The number of fused-ring (bicyclic) bond motifs is 2. The molecule has 0 atom stereocenters. The fraction of sp³-hybridized carbons (Fsp3) is 0.0625. The lowest BCUT2D eigenvalue weighted by Gasteiger charge is -1.96. The lowest BCUT2D eigenvalue weighted by Crippen LogP contribution is -1.92. The number of nitrogens with zero attached hydrogens (tertiary/aromatic N) is 3. The van der Waals surface area contributed by atoms with Gasteiger partial charge in [0.05, 0.1) is 15.9 Å². The Balaban J connectivity index is 1.44. The van der Waals surface area contributed by atoms with Crippen molar-refractivity contribution in [2.45, 2.75) is 0 Å². The summed E-state index contributed by atoms with van der Waals surface area (Å²) in [5.41, 5.74) is 2.78. The van der Waals surface area contributed by atoms with Gasteiger partial charge in [-0.1, -0.05) is 11.3 Å². The van der Waals surface area contributed by atoms with Crippen molar-refractivity contribution in [2.75, 3.05) is 12.1 Å². The van der Waals surface area contributed by atoms with Gasteiger partial charge in [0.25, 0.3) is 0 Å². The van der Waals surface area contributed by atoms with Crippen molar-refractivity contribution in [2.24, 2.45) is 0 Å². The molecule has 0 fully saturated rings. The van der Waals surface area contributed by atoms with Crippen LogP contribution >= 0.6 is 22.7 Å². The molecule has 24 heavy (non-hydrogen) atoms. The highest BCUT2D eigenvalue weighted by atomic mass is 32.1. The van der Waals surface area contributed by atoms with Gasteiger partial charge in [-0.2, -0.15) is 0 Å². The van der Waals surface area contributed by atoms with Gasteiger partial charge >= 0.3 is 0 Å². The minimum atomic E-state index is 0.272. The lowest BCUT2D eigenvalue weighted by atomic mass is 10.2. The topological polar surface area (TPSA) is 69.2 Å². The maximum Gasteiger partial charge on any atom is 0.231 e. The molecule has 1 aliphatic heterocycles. The molecule has 4 heterocycles. The molecular formula is C16H10N4O2S2. The van der Waals surface area contributed by atoms with Gasteiger partial charge < -0.3 is 14.8 Å². The average molecular weight is 354 g/mol. The van der Waals surface area contributed by atoms with E-state index in [0.717, 1.165) is 43.2 Å². The fourth-order valence-corrected chi connectivity index (χ4v) is 4.10. The summed E-state index contributed by atoms with van der Waals surface area (Å²) in [6.45, 7) is 0.272. The Hall–Kier alpha value is -2.71. The van der Waals surface area contributed by atoms with Gasteiger partial charge in [-0.25, -0.2) is 9.97 Å². The second-order valence-corrected chi connectivity index (χ2v) is 6.99. The standard InChI is InChI=1S/C16H10N4O2S2/c1-2-9(6-17-3-1)11-7-23-15(19-11)20-16-18-10-4-12-13(22-8-21-12)5-14(10)24-16/h1-7H,8H2,(H,18,19,20). The van der Waals surface area contributed by atoms with E-state index in [1.807, 2.05) is 29.6 Å². The van der Waals surface area contributed by atoms with E-state index in [0.29, 0.717) is 0 Å². The van der Waals surface area contributed by atoms with Crippen LogP contribution in [0.25, 0.3) is 21.5 Å². The quantitative estimate of drug-likeness (QED) is 0.592. The van der Waals surface area contributed by atoms with E-state index in [2.05, 4.69) is 20.3 Å². The first-order valence-electron chi connectivity index (χ1n) is 7.18. The second kappa shape index (κ2) is 5.43. The summed E-state index contributed by atoms with van der Waals surface area (Å²) in [4.78, 5) is 13.3. The molecule has 0 unspecified atom stereocenters. The number of hydrogen-bond donors (Lipinski definition) is 1. The fourth-order valence-electron chi connectivity index (χ4n) is 2.44. The molecule has 0 spiro atoms. The van der Waals surface area contributed by atoms with E-state index < -0.39 is 0 Å². The van der Waals surface area contributed by atoms with Crippen LogP contribution in [0.3, 0.4) is 0 Å². The van der Waals surface area contributed by atoms with E-state index in [1.54, 1.807) is 23.7 Å². The van der Waals surface area contributed by atoms with Crippen LogP contribution in [0.15, 0.2) is 42.0 Å². The number of nitrogens with one attached hydrogen (secondary N) is 1. The smallest absolute Gasteiger partial charge is 0.231 e. The largest absolute Gasteiger partial charge is 0.454 e. The molecule has 1 aromatic carbocycles. The van der Waals surface area contributed by atoms with Gasteiger partial charge in [-0.05, 0) is 12.1 Å². The van der Waals surface area contributed by atoms with Crippen LogP contribution in [0, 0.1) is 0 Å². The number of anilines is 2. The Morgan fingerprint density at radius 3 is 2.88 bits per heavy atom. The van der Waals surface area contributed by atoms with Crippen molar-refractivity contribution >= 4 is 43.2 Å². The van der Waals surface area contributed by atoms with Crippen LogP contribution in [-0.4, -0.2) is 21.7 Å². The molecule has 118 valence electrons. The molecule has 1 N–H and O–H groups in total. The summed E-state index contributed by atoms with van der Waals surface area (Å²) in [5, 5.41) is 6.87. The van der Waals surface area contributed by atoms with Crippen LogP contribution in [-0.2, 0) is 0 Å². The SMILES string of the molecule is c1cncc(-c2csc(Nc3nc4cc5c(cc4s3)OCO5)n2)c1. The monoisotopic (exact) mass is 354 g/mol. The van der Waals surface area contributed by atoms with E-state index >= 15 is 0 Å². The molecular weight excluding hydrogens is 344 g/mol. The number of pyridine rings is 1. The van der Waals surface area contributed by atoms with Crippen LogP contribution in [0.2, 0.25) is 0 Å². The van der Waals surface area contributed by atoms with Gasteiger partial charge in [0.2, 0.25) is 6.79 Å². The maximum absolute atomic E-state index is 5.41. The van der Waals surface area contributed by atoms with E-state index in [9.17, 15) is 0 Å². The number of rotatable bonds is 3. The number of hydrogen-bond acceptors (Lipinski definition) is 8. The van der Waals surface area contributed by atoms with Crippen molar-refractivity contribution in [3.63, 3.8) is 0 Å². The Kier molecular flexibility index (Phi) is 3.10. The average Bonchev–Trinajstić information content (AvgIpc) is 3.32. The maximum atomic E-state index is 5.41. The molecule has 0 aliphatic carbocycles. The summed E-state index contributed by atoms with van der Waals surface area (Å²) >= 11 is 3.10. The highest BCUT2D eigenvalue weighted by Crippen LogP contribution is 2.39. The zero-order valence-electron chi connectivity index (χ0n) is 12.2. The molecule has 4 aromatic rings. The molecule has 8 heteroatoms. The van der Waals surface area contributed by atoms with Crippen LogP contribution < -0.4 is 14.8 Å². The number of ether oxygens (including phenoxy) is 2. The third-order valence-electron chi connectivity index (χ3n) is 3.56. The molecule has 0 radical (unpaired) electrons. The van der Waals surface area contributed by atoms with E-state index in [1.165, 1.54) is 11.3 Å². The van der Waals surface area contributed by atoms with Gasteiger partial charge in [-0.3, -0.25) is 4.98 Å². The normalized spacial score (nSPS) is 12.7. The summed E-state index contributed by atoms with van der Waals surface area (Å²) in [6, 6.07) is 7.76. The Bertz CT molecular complexity index is 988. The van der Waals surface area contributed by atoms with E-state index in [-0.39, 0.29) is 6.79 Å². The van der Waals surface area contributed by atoms with Crippen molar-refractivity contribution < 1.29 is 9.47 Å². The van der Waals surface area contributed by atoms with Crippen LogP contribution in [0.4, 0.5) is 10.3 Å². The predicted octanol–water partition coefficient (Wildman–Crippen LogP) is 4.29. The molecule has 3 aromatic heterocycles. The number of thiazole rings is 2. The summed E-state index contributed by atoms with van der Waals surface area (Å²) in [7, 11) is 0. The van der Waals surface area contributed by atoms with E-state index in [4.69, 9.17) is 9.47 Å². The molecule has 0 saturated heterocycles. The Morgan fingerprint density at radius 2 is 2.00 bits per heavy atom. The zero-order chi connectivity index (χ0) is 15.9. The molecule has 0 saturated carbocycles. The third-order valence-corrected chi connectivity index (χ3v) is 5.25. The summed E-state index contributed by atoms with van der Waals surface area (Å²) < 4.78 is 11.8. The first kappa shape index (κ1) is 13.7. The van der Waals surface area contributed by atoms with Gasteiger partial charge in [0, 0.05) is 35.5 Å². The predicted molar refractivity (Wildman–Crippen MR) is 94.4 cm³/mol. The van der Waals surface area contributed by atoms with Crippen molar-refractivity contribution in [3.8, 4) is 22.8 Å². The lowest BCUT2D eigenvalue weighted by molar-refractivity contribution is 0.174. The highest BCUT2D eigenvalue weighted by molar-refractivity contribution is 7.22. The summed E-state index contributed by atoms with van der Waals surface area (Å²) in [6.07, 6.45) is 3.55. The molecule has 5 rings (SSSR count). The van der Waals surface area contributed by atoms with Crippen molar-refractivity contribution in [1.29, 1.82) is 0 Å². The van der Waals surface area contributed by atoms with Crippen LogP contribution in [0.5, 0.6) is 11.5 Å². The van der Waals surface area contributed by atoms with Crippen molar-refractivity contribution in [3.05, 3.63) is 42.0 Å². The first-order chi connectivity index (χ1) is 11.8. The van der Waals surface area contributed by atoms with Gasteiger partial charge in [-0.15, -0.1) is 11.3 Å².